The second-order valence-corrected chi connectivity index (χ2v) is 10.1. The molecule has 0 spiro atoms. The van der Waals surface area contributed by atoms with E-state index >= 15 is 0 Å². The molecule has 4 rings (SSSR count). The number of nitrogens with zero attached hydrogens (tertiary/aromatic N) is 4. The van der Waals surface area contributed by atoms with E-state index in [4.69, 9.17) is 12.2 Å². The van der Waals surface area contributed by atoms with Gasteiger partial charge in [-0.25, -0.2) is 19.6 Å². The fourth-order valence-corrected chi connectivity index (χ4v) is 6.26. The van der Waals surface area contributed by atoms with Gasteiger partial charge in [-0.2, -0.15) is 0 Å². The van der Waals surface area contributed by atoms with Gasteiger partial charge in [-0.3, -0.25) is 5.01 Å². The van der Waals surface area contributed by atoms with Crippen molar-refractivity contribution >= 4 is 71.1 Å². The first-order chi connectivity index (χ1) is 16.4. The summed E-state index contributed by atoms with van der Waals surface area (Å²) in [6, 6.07) is 4.44. The molecule has 2 saturated heterocycles. The predicted octanol–water partition coefficient (Wildman–Crippen LogP) is 5.57. The zero-order chi connectivity index (χ0) is 24.2. The van der Waals surface area contributed by atoms with E-state index < -0.39 is 12.1 Å². The molecule has 1 aromatic rings. The van der Waals surface area contributed by atoms with Crippen molar-refractivity contribution in [2.75, 3.05) is 32.7 Å². The number of likely N-dealkylation sites (tertiary alicyclic amines) is 1. The number of amides is 1. The van der Waals surface area contributed by atoms with Crippen LogP contribution in [0.25, 0.3) is 6.08 Å². The van der Waals surface area contributed by atoms with Crippen LogP contribution < -0.4 is 5.43 Å². The van der Waals surface area contributed by atoms with E-state index in [0.29, 0.717) is 23.5 Å². The molecule has 1 amide bonds. The van der Waals surface area contributed by atoms with Crippen LogP contribution in [0.5, 0.6) is 0 Å². The number of rotatable bonds is 5. The molecule has 36 heavy (non-hydrogen) atoms. The van der Waals surface area contributed by atoms with Crippen LogP contribution in [-0.2, 0) is 0 Å². The van der Waals surface area contributed by atoms with Gasteiger partial charge in [-0.05, 0) is 79.9 Å². The molecule has 2 unspecified atom stereocenters. The minimum Gasteiger partial charge on any atom is -0.465 e. The van der Waals surface area contributed by atoms with E-state index in [1.54, 1.807) is 6.07 Å². The first-order valence-electron chi connectivity index (χ1n) is 12.0. The standard InChI is InChI=1S/C24H32FN5O2S2.2ClH/c1-3-28(4-2)18-9-12-29(24(31)32)20(15-18)19-14-17(25)8-7-16(19)13-21-22(33)27-23(34-21)30-11-6-5-10-26-30;;/h7-8,13-14,18,20,26H,3-6,9-12,15H2,1-2H3,(H,31,32);2*1H/b21-13-;;. The van der Waals surface area contributed by atoms with Crippen molar-refractivity contribution in [1.29, 1.82) is 0 Å². The van der Waals surface area contributed by atoms with Crippen molar-refractivity contribution in [2.45, 2.75) is 51.6 Å². The Morgan fingerprint density at radius 3 is 2.69 bits per heavy atom. The van der Waals surface area contributed by atoms with Gasteiger partial charge in [-0.1, -0.05) is 32.1 Å². The molecule has 2 fully saturated rings. The number of thiocarbonyl (C=S) groups is 1. The zero-order valence-corrected chi connectivity index (χ0v) is 23.7. The SMILES string of the molecule is CCN(CC)C1CCN(C(=O)O)C(c2cc(F)ccc2/C=C2\SC(N3CCCCN3)=NC2=S)C1.Cl.Cl. The smallest absolute Gasteiger partial charge is 0.407 e. The first kappa shape index (κ1) is 30.8. The van der Waals surface area contributed by atoms with Crippen molar-refractivity contribution in [3.63, 3.8) is 0 Å². The van der Waals surface area contributed by atoms with Gasteiger partial charge >= 0.3 is 6.09 Å². The number of piperidine rings is 1. The zero-order valence-electron chi connectivity index (χ0n) is 20.5. The van der Waals surface area contributed by atoms with Crippen molar-refractivity contribution < 1.29 is 14.3 Å². The summed E-state index contributed by atoms with van der Waals surface area (Å²) < 4.78 is 14.4. The highest BCUT2D eigenvalue weighted by molar-refractivity contribution is 8.19. The maximum absolute atomic E-state index is 14.4. The van der Waals surface area contributed by atoms with E-state index in [2.05, 4.69) is 29.2 Å². The van der Waals surface area contributed by atoms with E-state index in [1.807, 2.05) is 11.1 Å². The van der Waals surface area contributed by atoms with Gasteiger partial charge in [0.2, 0.25) is 0 Å². The Balaban J connectivity index is 0.00000228. The van der Waals surface area contributed by atoms with E-state index in [1.165, 1.54) is 28.8 Å². The third kappa shape index (κ3) is 6.90. The summed E-state index contributed by atoms with van der Waals surface area (Å²) in [5.74, 6) is -0.372. The van der Waals surface area contributed by atoms with Gasteiger partial charge < -0.3 is 14.9 Å². The van der Waals surface area contributed by atoms with Crippen LogP contribution in [0, 0.1) is 5.82 Å². The lowest BCUT2D eigenvalue weighted by molar-refractivity contribution is 0.0645. The number of carboxylic acid groups (broad SMARTS) is 1. The Kier molecular flexibility index (Phi) is 11.9. The molecule has 3 aliphatic rings. The molecule has 3 aliphatic heterocycles. The number of nitrogens with one attached hydrogen (secondary N) is 1. The maximum atomic E-state index is 14.4. The lowest BCUT2D eigenvalue weighted by atomic mass is 9.88. The van der Waals surface area contributed by atoms with Gasteiger partial charge in [0.1, 0.15) is 10.8 Å². The monoisotopic (exact) mass is 577 g/mol. The molecule has 7 nitrogen and oxygen atoms in total. The topological polar surface area (TPSA) is 71.4 Å². The van der Waals surface area contributed by atoms with Crippen LogP contribution in [0.1, 0.15) is 56.7 Å². The van der Waals surface area contributed by atoms with Gasteiger partial charge in [0, 0.05) is 25.7 Å². The fraction of sp³-hybridized carbons (Fsp3) is 0.542. The molecular weight excluding hydrogens is 544 g/mol. The molecule has 0 radical (unpaired) electrons. The van der Waals surface area contributed by atoms with Gasteiger partial charge in [0.05, 0.1) is 10.9 Å². The average molecular weight is 579 g/mol. The number of aliphatic imine (C=N–C) groups is 1. The number of hydrazine groups is 1. The van der Waals surface area contributed by atoms with Crippen LogP contribution in [0.3, 0.4) is 0 Å². The summed E-state index contributed by atoms with van der Waals surface area (Å²) in [5, 5.41) is 12.8. The second-order valence-electron chi connectivity index (χ2n) is 8.74. The summed E-state index contributed by atoms with van der Waals surface area (Å²) in [6.07, 6.45) is 4.60. The second kappa shape index (κ2) is 13.9. The van der Waals surface area contributed by atoms with Crippen molar-refractivity contribution in [1.82, 2.24) is 20.2 Å². The third-order valence-corrected chi connectivity index (χ3v) is 8.26. The number of hydrogen-bond donors (Lipinski definition) is 2. The highest BCUT2D eigenvalue weighted by Gasteiger charge is 2.36. The molecule has 0 aliphatic carbocycles. The molecule has 2 atom stereocenters. The first-order valence-corrected chi connectivity index (χ1v) is 13.2. The third-order valence-electron chi connectivity index (χ3n) is 6.79. The van der Waals surface area contributed by atoms with Crippen molar-refractivity contribution in [3.8, 4) is 0 Å². The highest BCUT2D eigenvalue weighted by atomic mass is 35.5. The minimum absolute atomic E-state index is 0. The van der Waals surface area contributed by atoms with Gasteiger partial charge in [-0.15, -0.1) is 24.8 Å². The maximum Gasteiger partial charge on any atom is 0.407 e. The number of carbonyl (C=O) groups is 1. The number of hydrogen-bond acceptors (Lipinski definition) is 6. The lowest BCUT2D eigenvalue weighted by Crippen LogP contribution is -2.48. The summed E-state index contributed by atoms with van der Waals surface area (Å²) in [6.45, 7) is 8.25. The molecule has 12 heteroatoms. The Morgan fingerprint density at radius 2 is 2.06 bits per heavy atom. The summed E-state index contributed by atoms with van der Waals surface area (Å²) >= 11 is 7.05. The Bertz CT molecular complexity index is 1000. The van der Waals surface area contributed by atoms with Gasteiger partial charge in [0.25, 0.3) is 0 Å². The van der Waals surface area contributed by atoms with Crippen LogP contribution in [0.4, 0.5) is 9.18 Å². The molecule has 2 N–H and O–H groups in total. The number of halogens is 3. The summed E-state index contributed by atoms with van der Waals surface area (Å²) in [5.41, 5.74) is 4.81. The van der Waals surface area contributed by atoms with Crippen LogP contribution in [-0.4, -0.2) is 74.9 Å². The van der Waals surface area contributed by atoms with E-state index in [0.717, 1.165) is 61.1 Å². The fourth-order valence-electron chi connectivity index (χ4n) is 5.01. The Labute approximate surface area is 234 Å². The highest BCUT2D eigenvalue weighted by Crippen LogP contribution is 2.38. The minimum atomic E-state index is -0.974. The van der Waals surface area contributed by atoms with E-state index in [9.17, 15) is 14.3 Å². The predicted molar refractivity (Wildman–Crippen MR) is 154 cm³/mol. The summed E-state index contributed by atoms with van der Waals surface area (Å²) in [7, 11) is 0. The van der Waals surface area contributed by atoms with Crippen LogP contribution >= 0.6 is 48.8 Å². The largest absolute Gasteiger partial charge is 0.465 e. The van der Waals surface area contributed by atoms with Gasteiger partial charge in [0.15, 0.2) is 5.17 Å². The van der Waals surface area contributed by atoms with Crippen LogP contribution in [0.15, 0.2) is 28.1 Å². The van der Waals surface area contributed by atoms with Crippen molar-refractivity contribution in [2.24, 2.45) is 4.99 Å². The molecular formula is C24H34Cl2FN5O2S2. The molecule has 3 heterocycles. The number of amidine groups is 1. The Hall–Kier alpha value is -1.43. The average Bonchev–Trinajstić information content (AvgIpc) is 3.21. The molecule has 0 aromatic heterocycles. The number of benzene rings is 1. The van der Waals surface area contributed by atoms with Crippen molar-refractivity contribution in [3.05, 3.63) is 40.0 Å². The van der Waals surface area contributed by atoms with E-state index in [-0.39, 0.29) is 36.7 Å². The molecule has 0 bridgehead atoms. The lowest BCUT2D eigenvalue weighted by Gasteiger charge is -2.42. The summed E-state index contributed by atoms with van der Waals surface area (Å²) in [4.78, 5) is 21.8. The molecule has 1 aromatic carbocycles. The molecule has 0 saturated carbocycles. The van der Waals surface area contributed by atoms with Crippen LogP contribution in [0.2, 0.25) is 0 Å². The molecule has 200 valence electrons. The number of thioether (sulfide) groups is 1. The normalized spacial score (nSPS) is 23.4. The quantitative estimate of drug-likeness (QED) is 0.350. The Morgan fingerprint density at radius 1 is 1.31 bits per heavy atom.